The lowest BCUT2D eigenvalue weighted by molar-refractivity contribution is 0.236. The molecule has 0 saturated carbocycles. The van der Waals surface area contributed by atoms with Gasteiger partial charge in [-0.05, 0) is 69.6 Å². The highest BCUT2D eigenvalue weighted by molar-refractivity contribution is 5.73. The second-order valence-corrected chi connectivity index (χ2v) is 6.54. The van der Waals surface area contributed by atoms with Gasteiger partial charge in [0, 0.05) is 6.54 Å². The number of aryl methyl sites for hydroxylation is 2. The van der Waals surface area contributed by atoms with Gasteiger partial charge in [0.25, 0.3) is 0 Å². The summed E-state index contributed by atoms with van der Waals surface area (Å²) in [6.07, 6.45) is 8.25. The Morgan fingerprint density at radius 2 is 1.83 bits per heavy atom. The molecule has 0 heterocycles. The first-order valence-corrected chi connectivity index (χ1v) is 8.97. The summed E-state index contributed by atoms with van der Waals surface area (Å²) in [7, 11) is 0. The summed E-state index contributed by atoms with van der Waals surface area (Å²) in [5.74, 6) is 0.932. The van der Waals surface area contributed by atoms with Gasteiger partial charge in [-0.3, -0.25) is 0 Å². The van der Waals surface area contributed by atoms with Crippen molar-refractivity contribution in [2.24, 2.45) is 0 Å². The average molecular weight is 330 g/mol. The Morgan fingerprint density at radius 1 is 1.08 bits per heavy atom. The van der Waals surface area contributed by atoms with Crippen LogP contribution in [0.2, 0.25) is 0 Å². The molecule has 1 aromatic carbocycles. The number of carbonyl (C=O) groups excluding carboxylic acids is 1. The van der Waals surface area contributed by atoms with E-state index >= 15 is 0 Å². The lowest BCUT2D eigenvalue weighted by Gasteiger charge is -2.15. The summed E-state index contributed by atoms with van der Waals surface area (Å²) in [6, 6.07) is 4.05. The van der Waals surface area contributed by atoms with Crippen molar-refractivity contribution in [2.45, 2.75) is 52.9 Å². The van der Waals surface area contributed by atoms with Gasteiger partial charge in [-0.1, -0.05) is 23.8 Å². The second kappa shape index (κ2) is 9.36. The molecule has 1 aromatic rings. The van der Waals surface area contributed by atoms with E-state index in [1.807, 2.05) is 6.92 Å². The molecule has 132 valence electrons. The SMILES string of the molecule is Cc1ccc(C)c(OCCNC(=O)NCCC2=CCCCC2)c1C. The van der Waals surface area contributed by atoms with E-state index in [0.717, 1.165) is 17.7 Å². The highest BCUT2D eigenvalue weighted by atomic mass is 16.5. The Kier molecular flexibility index (Phi) is 7.16. The molecular weight excluding hydrogens is 300 g/mol. The number of allylic oxidation sites excluding steroid dienone is 1. The Hall–Kier alpha value is -1.97. The van der Waals surface area contributed by atoms with E-state index < -0.39 is 0 Å². The predicted molar refractivity (Wildman–Crippen MR) is 98.7 cm³/mol. The van der Waals surface area contributed by atoms with Crippen molar-refractivity contribution in [2.75, 3.05) is 19.7 Å². The third kappa shape index (κ3) is 5.59. The fraction of sp³-hybridized carbons (Fsp3) is 0.550. The monoisotopic (exact) mass is 330 g/mol. The van der Waals surface area contributed by atoms with Crippen molar-refractivity contribution in [3.05, 3.63) is 40.5 Å². The van der Waals surface area contributed by atoms with E-state index in [0.29, 0.717) is 19.7 Å². The Balaban J connectivity index is 1.63. The number of carbonyl (C=O) groups is 1. The highest BCUT2D eigenvalue weighted by Gasteiger charge is 2.07. The molecule has 0 spiro atoms. The third-order valence-electron chi connectivity index (χ3n) is 4.62. The zero-order chi connectivity index (χ0) is 17.4. The Labute approximate surface area is 145 Å². The summed E-state index contributed by atoms with van der Waals surface area (Å²) < 4.78 is 5.85. The molecule has 0 radical (unpaired) electrons. The smallest absolute Gasteiger partial charge is 0.314 e. The first-order valence-electron chi connectivity index (χ1n) is 8.97. The minimum atomic E-state index is -0.118. The van der Waals surface area contributed by atoms with Gasteiger partial charge in [0.1, 0.15) is 12.4 Å². The van der Waals surface area contributed by atoms with E-state index in [2.05, 4.69) is 42.7 Å². The summed E-state index contributed by atoms with van der Waals surface area (Å²) in [6.45, 7) is 7.87. The van der Waals surface area contributed by atoms with Crippen LogP contribution in [0.5, 0.6) is 5.75 Å². The largest absolute Gasteiger partial charge is 0.491 e. The summed E-state index contributed by atoms with van der Waals surface area (Å²) in [5.41, 5.74) is 5.00. The maximum absolute atomic E-state index is 11.8. The molecule has 0 unspecified atom stereocenters. The topological polar surface area (TPSA) is 50.4 Å². The van der Waals surface area contributed by atoms with Crippen LogP contribution in [0.15, 0.2) is 23.8 Å². The fourth-order valence-electron chi connectivity index (χ4n) is 3.00. The van der Waals surface area contributed by atoms with Gasteiger partial charge < -0.3 is 15.4 Å². The van der Waals surface area contributed by atoms with E-state index in [-0.39, 0.29) is 6.03 Å². The van der Waals surface area contributed by atoms with Crippen LogP contribution in [0, 0.1) is 20.8 Å². The Morgan fingerprint density at radius 3 is 2.58 bits per heavy atom. The number of ether oxygens (including phenoxy) is 1. The molecule has 4 heteroatoms. The lowest BCUT2D eigenvalue weighted by atomic mass is 9.97. The summed E-state index contributed by atoms with van der Waals surface area (Å²) in [5, 5.41) is 5.76. The van der Waals surface area contributed by atoms with Crippen LogP contribution in [0.3, 0.4) is 0 Å². The molecule has 0 bridgehead atoms. The number of urea groups is 1. The van der Waals surface area contributed by atoms with Crippen LogP contribution >= 0.6 is 0 Å². The average Bonchev–Trinajstić information content (AvgIpc) is 2.58. The van der Waals surface area contributed by atoms with Crippen LogP contribution in [-0.2, 0) is 0 Å². The van der Waals surface area contributed by atoms with Crippen molar-refractivity contribution < 1.29 is 9.53 Å². The molecule has 0 fully saturated rings. The first-order chi connectivity index (χ1) is 11.6. The predicted octanol–water partition coefficient (Wildman–Crippen LogP) is 4.18. The zero-order valence-electron chi connectivity index (χ0n) is 15.2. The van der Waals surface area contributed by atoms with Gasteiger partial charge in [-0.15, -0.1) is 0 Å². The van der Waals surface area contributed by atoms with Gasteiger partial charge in [0.15, 0.2) is 0 Å². The number of benzene rings is 1. The molecule has 4 nitrogen and oxygen atoms in total. The van der Waals surface area contributed by atoms with Crippen LogP contribution < -0.4 is 15.4 Å². The van der Waals surface area contributed by atoms with E-state index in [4.69, 9.17) is 4.74 Å². The quantitative estimate of drug-likeness (QED) is 0.582. The second-order valence-electron chi connectivity index (χ2n) is 6.54. The van der Waals surface area contributed by atoms with Crippen molar-refractivity contribution in [1.82, 2.24) is 10.6 Å². The van der Waals surface area contributed by atoms with Gasteiger partial charge in [-0.25, -0.2) is 4.79 Å². The number of nitrogens with one attached hydrogen (secondary N) is 2. The summed E-state index contributed by atoms with van der Waals surface area (Å²) >= 11 is 0. The molecule has 0 aliphatic heterocycles. The molecular formula is C20H30N2O2. The maximum atomic E-state index is 11.8. The normalized spacial score (nSPS) is 14.0. The van der Waals surface area contributed by atoms with Crippen LogP contribution in [0.1, 0.15) is 48.8 Å². The van der Waals surface area contributed by atoms with Crippen LogP contribution in [0.25, 0.3) is 0 Å². The first kappa shape index (κ1) is 18.4. The van der Waals surface area contributed by atoms with Crippen molar-refractivity contribution in [3.8, 4) is 5.75 Å². The van der Waals surface area contributed by atoms with E-state index in [9.17, 15) is 4.79 Å². The highest BCUT2D eigenvalue weighted by Crippen LogP contribution is 2.25. The molecule has 1 aliphatic rings. The van der Waals surface area contributed by atoms with Crippen molar-refractivity contribution >= 4 is 6.03 Å². The lowest BCUT2D eigenvalue weighted by Crippen LogP contribution is -2.38. The minimum Gasteiger partial charge on any atom is -0.491 e. The number of hydrogen-bond acceptors (Lipinski definition) is 2. The van der Waals surface area contributed by atoms with E-state index in [1.165, 1.54) is 42.4 Å². The molecule has 0 atom stereocenters. The van der Waals surface area contributed by atoms with Crippen LogP contribution in [0.4, 0.5) is 4.79 Å². The molecule has 1 aliphatic carbocycles. The van der Waals surface area contributed by atoms with Crippen molar-refractivity contribution in [1.29, 1.82) is 0 Å². The number of rotatable bonds is 7. The van der Waals surface area contributed by atoms with Gasteiger partial charge >= 0.3 is 6.03 Å². The van der Waals surface area contributed by atoms with E-state index in [1.54, 1.807) is 0 Å². The maximum Gasteiger partial charge on any atom is 0.314 e. The fourth-order valence-corrected chi connectivity index (χ4v) is 3.00. The Bertz CT molecular complexity index is 594. The van der Waals surface area contributed by atoms with Crippen LogP contribution in [-0.4, -0.2) is 25.7 Å². The standard InChI is InChI=1S/C20H30N2O2/c1-15-9-10-16(2)19(17(15)3)24-14-13-22-20(23)21-12-11-18-7-5-4-6-8-18/h7,9-10H,4-6,8,11-14H2,1-3H3,(H2,21,22,23). The van der Waals surface area contributed by atoms with Gasteiger partial charge in [0.05, 0.1) is 6.54 Å². The van der Waals surface area contributed by atoms with Crippen molar-refractivity contribution in [3.63, 3.8) is 0 Å². The number of hydrogen-bond donors (Lipinski definition) is 2. The zero-order valence-corrected chi connectivity index (χ0v) is 15.2. The molecule has 2 amide bonds. The van der Waals surface area contributed by atoms with Gasteiger partial charge in [-0.2, -0.15) is 0 Å². The molecule has 24 heavy (non-hydrogen) atoms. The molecule has 2 rings (SSSR count). The molecule has 0 aromatic heterocycles. The minimum absolute atomic E-state index is 0.118. The third-order valence-corrected chi connectivity index (χ3v) is 4.62. The van der Waals surface area contributed by atoms with Gasteiger partial charge in [0.2, 0.25) is 0 Å². The number of amides is 2. The molecule has 2 N–H and O–H groups in total. The summed E-state index contributed by atoms with van der Waals surface area (Å²) in [4.78, 5) is 11.8. The molecule has 0 saturated heterocycles.